The number of hydrogen-bond donors (Lipinski definition) is 1. The van der Waals surface area contributed by atoms with Crippen molar-refractivity contribution in [2.45, 2.75) is 69.7 Å². The Bertz CT molecular complexity index is 1320. The third kappa shape index (κ3) is 6.14. The van der Waals surface area contributed by atoms with E-state index >= 15 is 0 Å². The fraction of sp³-hybridized carbons (Fsp3) is 0.486. The van der Waals surface area contributed by atoms with Gasteiger partial charge in [-0.1, -0.05) is 80.6 Å². The van der Waals surface area contributed by atoms with Gasteiger partial charge in [0, 0.05) is 12.6 Å². The molecule has 3 aromatic rings. The van der Waals surface area contributed by atoms with E-state index < -0.39 is 5.41 Å². The summed E-state index contributed by atoms with van der Waals surface area (Å²) in [5.41, 5.74) is 5.09. The smallest absolute Gasteiger partial charge is 0.316 e. The molecule has 3 unspecified atom stereocenters. The van der Waals surface area contributed by atoms with E-state index in [1.165, 1.54) is 23.1 Å². The topological polar surface area (TPSA) is 53.0 Å². The molecule has 6 rings (SSSR count). The lowest BCUT2D eigenvalue weighted by atomic mass is 9.59. The first-order valence-electron chi connectivity index (χ1n) is 15.8. The van der Waals surface area contributed by atoms with Crippen molar-refractivity contribution in [3.8, 4) is 5.75 Å². The Labute approximate surface area is 252 Å². The third-order valence-corrected chi connectivity index (χ3v) is 10.5. The molecular weight excluding hydrogens is 520 g/mol. The van der Waals surface area contributed by atoms with Gasteiger partial charge in [-0.05, 0) is 111 Å². The maximum Gasteiger partial charge on any atom is 0.316 e. The van der Waals surface area contributed by atoms with E-state index in [9.17, 15) is 9.90 Å². The fourth-order valence-electron chi connectivity index (χ4n) is 7.53. The molecule has 2 fully saturated rings. The first-order chi connectivity index (χ1) is 20.3. The highest BCUT2D eigenvalue weighted by Gasteiger charge is 2.48. The van der Waals surface area contributed by atoms with Crippen LogP contribution in [0.15, 0.2) is 78.9 Å². The van der Waals surface area contributed by atoms with Crippen molar-refractivity contribution < 1.29 is 14.6 Å². The van der Waals surface area contributed by atoms with E-state index in [1.807, 2.05) is 49.4 Å². The number of nitrogens with zero attached hydrogens (tertiary/aromatic N) is 2. The summed E-state index contributed by atoms with van der Waals surface area (Å²) in [5.74, 6) is 0.966. The zero-order valence-electron chi connectivity index (χ0n) is 25.9. The molecule has 0 saturated carbocycles. The van der Waals surface area contributed by atoms with E-state index in [2.05, 4.69) is 67.1 Å². The first-order valence-corrected chi connectivity index (χ1v) is 15.8. The molecule has 0 amide bonds. The Morgan fingerprint density at radius 1 is 0.952 bits per heavy atom. The number of rotatable bonds is 6. The minimum absolute atomic E-state index is 0.0655. The van der Waals surface area contributed by atoms with Crippen LogP contribution >= 0.6 is 0 Å². The number of phenolic OH excluding ortho intramolecular Hbond substituents is 1. The summed E-state index contributed by atoms with van der Waals surface area (Å²) in [5, 5.41) is 9.94. The van der Waals surface area contributed by atoms with E-state index in [0.717, 1.165) is 57.4 Å². The van der Waals surface area contributed by atoms with E-state index in [1.54, 1.807) is 0 Å². The molecule has 3 atom stereocenters. The van der Waals surface area contributed by atoms with Gasteiger partial charge in [-0.15, -0.1) is 0 Å². The molecule has 224 valence electrons. The normalized spacial score (nSPS) is 25.0. The molecule has 1 N–H and O–H groups in total. The quantitative estimate of drug-likeness (QED) is 0.350. The van der Waals surface area contributed by atoms with Gasteiger partial charge < -0.3 is 14.7 Å². The number of carbonyl (C=O) groups is 1. The minimum atomic E-state index is -0.441. The lowest BCUT2D eigenvalue weighted by molar-refractivity contribution is -0.152. The lowest BCUT2D eigenvalue weighted by Crippen LogP contribution is -2.58. The van der Waals surface area contributed by atoms with Crippen molar-refractivity contribution >= 4 is 5.97 Å². The van der Waals surface area contributed by atoms with E-state index in [4.69, 9.17) is 4.74 Å². The second-order valence-corrected chi connectivity index (χ2v) is 12.8. The van der Waals surface area contributed by atoms with Gasteiger partial charge >= 0.3 is 5.97 Å². The molecule has 2 saturated heterocycles. The fourth-order valence-corrected chi connectivity index (χ4v) is 7.53. The van der Waals surface area contributed by atoms with Crippen molar-refractivity contribution in [2.24, 2.45) is 5.92 Å². The number of likely N-dealkylation sites (tertiary alicyclic amines) is 2. The number of benzene rings is 3. The van der Waals surface area contributed by atoms with Crippen LogP contribution in [-0.2, 0) is 33.2 Å². The number of fused-ring (bicyclic) bond motifs is 4. The average Bonchev–Trinajstić information content (AvgIpc) is 3.01. The van der Waals surface area contributed by atoms with Gasteiger partial charge in [0.05, 0.1) is 12.0 Å². The van der Waals surface area contributed by atoms with Crippen molar-refractivity contribution in [3.05, 3.63) is 101 Å². The summed E-state index contributed by atoms with van der Waals surface area (Å²) in [6, 6.07) is 27.5. The summed E-state index contributed by atoms with van der Waals surface area (Å²) in [6.07, 6.45) is 5.10. The molecule has 42 heavy (non-hydrogen) atoms. The molecule has 0 aromatic heterocycles. The highest BCUT2D eigenvalue weighted by molar-refractivity contribution is 5.83. The summed E-state index contributed by atoms with van der Waals surface area (Å²) in [4.78, 5) is 17.4. The van der Waals surface area contributed by atoms with Crippen LogP contribution in [-0.4, -0.2) is 66.8 Å². The molecule has 0 spiro atoms. The number of aromatic hydroxyl groups is 1. The first kappa shape index (κ1) is 30.3. The highest BCUT2D eigenvalue weighted by Crippen LogP contribution is 2.49. The van der Waals surface area contributed by atoms with E-state index in [-0.39, 0.29) is 11.4 Å². The zero-order chi connectivity index (χ0) is 29.7. The van der Waals surface area contributed by atoms with Crippen LogP contribution in [0.1, 0.15) is 62.3 Å². The lowest BCUT2D eigenvalue weighted by Gasteiger charge is -2.54. The van der Waals surface area contributed by atoms with Crippen LogP contribution in [0.25, 0.3) is 0 Å². The number of hydrogen-bond acceptors (Lipinski definition) is 5. The van der Waals surface area contributed by atoms with Crippen LogP contribution in [0.4, 0.5) is 0 Å². The number of carbonyl (C=O) groups excluding carboxylic acids is 1. The molecule has 5 heteroatoms. The zero-order valence-corrected chi connectivity index (χ0v) is 25.9. The van der Waals surface area contributed by atoms with Gasteiger partial charge in [-0.2, -0.15) is 0 Å². The molecule has 2 bridgehead atoms. The predicted molar refractivity (Wildman–Crippen MR) is 170 cm³/mol. The second kappa shape index (κ2) is 13.0. The predicted octanol–water partition coefficient (Wildman–Crippen LogP) is 6.37. The van der Waals surface area contributed by atoms with Crippen molar-refractivity contribution in [2.75, 3.05) is 39.8 Å². The molecule has 2 aliphatic heterocycles. The monoisotopic (exact) mass is 568 g/mol. The molecule has 5 nitrogen and oxygen atoms in total. The molecule has 0 radical (unpaired) electrons. The van der Waals surface area contributed by atoms with Gasteiger partial charge in [-0.25, -0.2) is 0 Å². The highest BCUT2D eigenvalue weighted by atomic mass is 16.5. The summed E-state index contributed by atoms with van der Waals surface area (Å²) in [6.45, 7) is 11.3. The van der Waals surface area contributed by atoms with Crippen LogP contribution in [0.2, 0.25) is 0 Å². The van der Waals surface area contributed by atoms with Crippen LogP contribution in [0.3, 0.4) is 0 Å². The molecule has 1 aliphatic carbocycles. The number of esters is 1. The molecular formula is C37H48N2O3. The molecule has 2 heterocycles. The maximum atomic E-state index is 12.4. The number of ether oxygens (including phenoxy) is 1. The standard InChI is InChI=1S/C22H27NO.C15H21NO2/c1-16-21-14-18-8-9-19(24)15-20(18)22(16,2)11-13-23(21)12-10-17-6-4-3-5-7-17;1-3-18-14(17)15(9-11-16(2)12-10-15)13-7-5-4-6-8-13/h3-9,15-16,21,24H,10-14H2,1-2H3;4-8H,3,9-12H2,1-2H3. The Morgan fingerprint density at radius 3 is 2.29 bits per heavy atom. The van der Waals surface area contributed by atoms with Gasteiger partial charge in [0.15, 0.2) is 0 Å². The van der Waals surface area contributed by atoms with Crippen LogP contribution in [0, 0.1) is 5.92 Å². The number of piperidine rings is 2. The molecule has 3 aliphatic rings. The Hall–Kier alpha value is -3.15. The van der Waals surface area contributed by atoms with Gasteiger partial charge in [0.1, 0.15) is 5.75 Å². The summed E-state index contributed by atoms with van der Waals surface area (Å²) < 4.78 is 5.32. The van der Waals surface area contributed by atoms with Gasteiger partial charge in [0.2, 0.25) is 0 Å². The van der Waals surface area contributed by atoms with Gasteiger partial charge in [0.25, 0.3) is 0 Å². The second-order valence-electron chi connectivity index (χ2n) is 12.8. The summed E-state index contributed by atoms with van der Waals surface area (Å²) in [7, 11) is 2.10. The van der Waals surface area contributed by atoms with E-state index in [0.29, 0.717) is 24.3 Å². The molecule has 3 aromatic carbocycles. The Morgan fingerprint density at radius 2 is 1.62 bits per heavy atom. The SMILES string of the molecule is CC1C2Cc3ccc(O)cc3C1(C)CCN2CCc1ccccc1.CCOC(=O)C1(c2ccccc2)CCN(C)CC1. The Kier molecular flexibility index (Phi) is 9.39. The van der Waals surface area contributed by atoms with Crippen LogP contribution in [0.5, 0.6) is 5.75 Å². The minimum Gasteiger partial charge on any atom is -0.508 e. The van der Waals surface area contributed by atoms with Crippen molar-refractivity contribution in [3.63, 3.8) is 0 Å². The van der Waals surface area contributed by atoms with Crippen molar-refractivity contribution in [1.29, 1.82) is 0 Å². The largest absolute Gasteiger partial charge is 0.508 e. The summed E-state index contributed by atoms with van der Waals surface area (Å²) >= 11 is 0. The maximum absolute atomic E-state index is 12.4. The Balaban J connectivity index is 0.000000176. The van der Waals surface area contributed by atoms with Gasteiger partial charge in [-0.3, -0.25) is 9.69 Å². The van der Waals surface area contributed by atoms with Crippen molar-refractivity contribution in [1.82, 2.24) is 9.80 Å². The third-order valence-electron chi connectivity index (χ3n) is 10.5. The number of phenols is 1. The van der Waals surface area contributed by atoms with Crippen LogP contribution < -0.4 is 0 Å². The average molecular weight is 569 g/mol.